The largest absolute Gasteiger partial charge is 0.459 e. The predicted molar refractivity (Wildman–Crippen MR) is 71.0 cm³/mol. The summed E-state index contributed by atoms with van der Waals surface area (Å²) in [5.74, 6) is -0.714. The molecule has 0 saturated carbocycles. The Morgan fingerprint density at radius 3 is 2.55 bits per heavy atom. The molecule has 112 valence electrons. The Labute approximate surface area is 117 Å². The molecule has 0 amide bonds. The number of rotatable bonds is 6. The van der Waals surface area contributed by atoms with Crippen LogP contribution in [0.15, 0.2) is 4.42 Å². The van der Waals surface area contributed by atoms with Crippen molar-refractivity contribution >= 4 is 11.8 Å². The fourth-order valence-corrected chi connectivity index (χ4v) is 1.50. The van der Waals surface area contributed by atoms with Crippen molar-refractivity contribution in [3.63, 3.8) is 0 Å². The molecule has 1 aromatic heterocycles. The van der Waals surface area contributed by atoms with Crippen LogP contribution in [0.3, 0.4) is 0 Å². The van der Waals surface area contributed by atoms with E-state index in [4.69, 9.17) is 14.9 Å². The number of hydrogen-bond acceptors (Lipinski definition) is 7. The molecule has 2 N–H and O–H groups in total. The second-order valence-corrected chi connectivity index (χ2v) is 5.53. The van der Waals surface area contributed by atoms with Gasteiger partial charge in [-0.05, 0) is 12.3 Å². The third kappa shape index (κ3) is 4.41. The molecule has 0 bridgehead atoms. The van der Waals surface area contributed by atoms with Crippen molar-refractivity contribution < 1.29 is 18.7 Å². The number of carbonyl (C=O) groups excluding carboxylic acids is 2. The number of esters is 1. The Morgan fingerprint density at radius 1 is 1.35 bits per heavy atom. The maximum absolute atomic E-state index is 11.9. The van der Waals surface area contributed by atoms with Crippen LogP contribution in [-0.4, -0.2) is 34.6 Å². The molecule has 0 aliphatic heterocycles. The standard InChI is InChI=1S/C13H21N3O4/c1-5-19-12(18)11-16-15-9(20-11)7-6-8(17)10(14)13(2,3)4/h10H,5-7,14H2,1-4H3/t10-/m1/s1. The summed E-state index contributed by atoms with van der Waals surface area (Å²) in [7, 11) is 0. The molecule has 1 heterocycles. The van der Waals surface area contributed by atoms with E-state index in [-0.39, 0.29) is 42.4 Å². The number of aromatic nitrogens is 2. The van der Waals surface area contributed by atoms with Crippen LogP contribution >= 0.6 is 0 Å². The summed E-state index contributed by atoms with van der Waals surface area (Å²) in [6.45, 7) is 7.63. The lowest BCUT2D eigenvalue weighted by Gasteiger charge is -2.25. The van der Waals surface area contributed by atoms with E-state index < -0.39 is 12.0 Å². The maximum Gasteiger partial charge on any atom is 0.396 e. The third-order valence-electron chi connectivity index (χ3n) is 2.78. The first kappa shape index (κ1) is 16.3. The number of Topliss-reactive ketones (excluding diaryl/α,β-unsaturated/α-hetero) is 1. The SMILES string of the molecule is CCOC(=O)c1nnc(CCC(=O)[C@@H](N)C(C)(C)C)o1. The molecule has 0 aliphatic rings. The van der Waals surface area contributed by atoms with E-state index in [2.05, 4.69) is 10.2 Å². The summed E-state index contributed by atoms with van der Waals surface area (Å²) in [5.41, 5.74) is 5.57. The van der Waals surface area contributed by atoms with Gasteiger partial charge < -0.3 is 14.9 Å². The highest BCUT2D eigenvalue weighted by atomic mass is 16.5. The van der Waals surface area contributed by atoms with Crippen molar-refractivity contribution in [2.45, 2.75) is 46.6 Å². The number of hydrogen-bond donors (Lipinski definition) is 1. The number of carbonyl (C=O) groups is 2. The zero-order chi connectivity index (χ0) is 15.3. The lowest BCUT2D eigenvalue weighted by atomic mass is 9.84. The van der Waals surface area contributed by atoms with Gasteiger partial charge in [0.2, 0.25) is 5.89 Å². The molecule has 0 unspecified atom stereocenters. The van der Waals surface area contributed by atoms with Gasteiger partial charge in [-0.15, -0.1) is 10.2 Å². The highest BCUT2D eigenvalue weighted by Gasteiger charge is 2.27. The van der Waals surface area contributed by atoms with Crippen LogP contribution in [0.1, 0.15) is 50.7 Å². The number of ether oxygens (including phenoxy) is 1. The second-order valence-electron chi connectivity index (χ2n) is 5.53. The molecule has 1 rings (SSSR count). The Morgan fingerprint density at radius 2 is 2.00 bits per heavy atom. The van der Waals surface area contributed by atoms with Crippen LogP contribution in [0.2, 0.25) is 0 Å². The van der Waals surface area contributed by atoms with Crippen LogP contribution in [0.25, 0.3) is 0 Å². The van der Waals surface area contributed by atoms with E-state index in [9.17, 15) is 9.59 Å². The second kappa shape index (κ2) is 6.60. The Balaban J connectivity index is 2.55. The Kier molecular flexibility index (Phi) is 5.38. The van der Waals surface area contributed by atoms with Crippen molar-refractivity contribution in [3.05, 3.63) is 11.8 Å². The summed E-state index contributed by atoms with van der Waals surface area (Å²) in [6.07, 6.45) is 0.456. The molecule has 0 radical (unpaired) electrons. The summed E-state index contributed by atoms with van der Waals surface area (Å²) in [5, 5.41) is 7.27. The lowest BCUT2D eigenvalue weighted by molar-refractivity contribution is -0.122. The van der Waals surface area contributed by atoms with Crippen LogP contribution in [0.5, 0.6) is 0 Å². The minimum Gasteiger partial charge on any atom is -0.459 e. The van der Waals surface area contributed by atoms with Crippen molar-refractivity contribution in [1.82, 2.24) is 10.2 Å². The van der Waals surface area contributed by atoms with Gasteiger partial charge in [-0.2, -0.15) is 0 Å². The predicted octanol–water partition coefficient (Wildman–Crippen LogP) is 1.12. The van der Waals surface area contributed by atoms with Gasteiger partial charge in [-0.25, -0.2) is 4.79 Å². The van der Waals surface area contributed by atoms with Crippen molar-refractivity contribution in [2.24, 2.45) is 11.1 Å². The molecule has 7 nitrogen and oxygen atoms in total. The van der Waals surface area contributed by atoms with Crippen LogP contribution in [-0.2, 0) is 16.0 Å². The third-order valence-corrected chi connectivity index (χ3v) is 2.78. The zero-order valence-corrected chi connectivity index (χ0v) is 12.3. The van der Waals surface area contributed by atoms with Gasteiger partial charge in [-0.1, -0.05) is 20.8 Å². The summed E-state index contributed by atoms with van der Waals surface area (Å²) < 4.78 is 9.85. The van der Waals surface area contributed by atoms with Crippen LogP contribution in [0.4, 0.5) is 0 Å². The minimum absolute atomic E-state index is 0.0756. The van der Waals surface area contributed by atoms with Gasteiger partial charge in [0.1, 0.15) is 0 Å². The van der Waals surface area contributed by atoms with Gasteiger partial charge in [-0.3, -0.25) is 4.79 Å². The molecular weight excluding hydrogens is 262 g/mol. The molecule has 1 aromatic rings. The summed E-state index contributed by atoms with van der Waals surface area (Å²) in [4.78, 5) is 23.2. The number of nitrogens with zero attached hydrogens (tertiary/aromatic N) is 2. The Bertz CT molecular complexity index is 476. The van der Waals surface area contributed by atoms with E-state index in [0.29, 0.717) is 0 Å². The first-order valence-electron chi connectivity index (χ1n) is 6.53. The van der Waals surface area contributed by atoms with E-state index in [1.54, 1.807) is 6.92 Å². The maximum atomic E-state index is 11.9. The highest BCUT2D eigenvalue weighted by molar-refractivity contribution is 5.85. The number of aryl methyl sites for hydroxylation is 1. The summed E-state index contributed by atoms with van der Waals surface area (Å²) >= 11 is 0. The van der Waals surface area contributed by atoms with Gasteiger partial charge in [0.15, 0.2) is 5.78 Å². The molecule has 0 fully saturated rings. The monoisotopic (exact) mass is 283 g/mol. The van der Waals surface area contributed by atoms with Gasteiger partial charge in [0, 0.05) is 12.8 Å². The van der Waals surface area contributed by atoms with Crippen molar-refractivity contribution in [1.29, 1.82) is 0 Å². The smallest absolute Gasteiger partial charge is 0.396 e. The molecule has 0 saturated heterocycles. The van der Waals surface area contributed by atoms with Gasteiger partial charge >= 0.3 is 11.9 Å². The molecule has 20 heavy (non-hydrogen) atoms. The summed E-state index contributed by atoms with van der Waals surface area (Å²) in [6, 6.07) is -0.546. The first-order valence-corrected chi connectivity index (χ1v) is 6.53. The molecule has 0 spiro atoms. The average molecular weight is 283 g/mol. The first-order chi connectivity index (χ1) is 9.25. The van der Waals surface area contributed by atoms with Crippen LogP contribution < -0.4 is 5.73 Å². The minimum atomic E-state index is -0.663. The van der Waals surface area contributed by atoms with Gasteiger partial charge in [0.05, 0.1) is 12.6 Å². The number of ketones is 1. The molecule has 7 heteroatoms. The molecule has 1 atom stereocenters. The van der Waals surface area contributed by atoms with Crippen molar-refractivity contribution in [3.8, 4) is 0 Å². The number of nitrogens with two attached hydrogens (primary N) is 1. The zero-order valence-electron chi connectivity index (χ0n) is 12.3. The lowest BCUT2D eigenvalue weighted by Crippen LogP contribution is -2.42. The van der Waals surface area contributed by atoms with E-state index in [0.717, 1.165) is 0 Å². The van der Waals surface area contributed by atoms with E-state index >= 15 is 0 Å². The molecule has 0 aromatic carbocycles. The van der Waals surface area contributed by atoms with E-state index in [1.165, 1.54) is 0 Å². The normalized spacial score (nSPS) is 13.1. The van der Waals surface area contributed by atoms with Crippen LogP contribution in [0, 0.1) is 5.41 Å². The quantitative estimate of drug-likeness (QED) is 0.779. The molecule has 0 aliphatic carbocycles. The molecular formula is C13H21N3O4. The Hall–Kier alpha value is -1.76. The van der Waals surface area contributed by atoms with Gasteiger partial charge in [0.25, 0.3) is 0 Å². The van der Waals surface area contributed by atoms with Crippen molar-refractivity contribution in [2.75, 3.05) is 6.61 Å². The van der Waals surface area contributed by atoms with E-state index in [1.807, 2.05) is 20.8 Å². The highest BCUT2D eigenvalue weighted by Crippen LogP contribution is 2.19. The average Bonchev–Trinajstić information content (AvgIpc) is 2.83. The fourth-order valence-electron chi connectivity index (χ4n) is 1.50. The topological polar surface area (TPSA) is 108 Å². The fraction of sp³-hybridized carbons (Fsp3) is 0.692.